The Bertz CT molecular complexity index is 801. The Kier molecular flexibility index (Phi) is 6.06. The second kappa shape index (κ2) is 8.50. The third-order valence-electron chi connectivity index (χ3n) is 4.82. The van der Waals surface area contributed by atoms with Crippen molar-refractivity contribution in [2.45, 2.75) is 31.5 Å². The highest BCUT2D eigenvalue weighted by atomic mass is 19.4. The topological polar surface area (TPSA) is 54.5 Å². The van der Waals surface area contributed by atoms with Crippen molar-refractivity contribution < 1.29 is 22.7 Å². The molecule has 0 spiro atoms. The molecule has 28 heavy (non-hydrogen) atoms. The van der Waals surface area contributed by atoms with E-state index < -0.39 is 11.7 Å². The highest BCUT2D eigenvalue weighted by Gasteiger charge is 2.31. The van der Waals surface area contributed by atoms with Crippen LogP contribution in [0, 0.1) is 0 Å². The number of halogens is 3. The van der Waals surface area contributed by atoms with Gasteiger partial charge in [-0.15, -0.1) is 0 Å². The Labute approximate surface area is 161 Å². The number of rotatable bonds is 5. The first kappa shape index (κ1) is 20.0. The normalized spacial score (nSPS) is 15.4. The van der Waals surface area contributed by atoms with Gasteiger partial charge in [0.1, 0.15) is 11.6 Å². The van der Waals surface area contributed by atoms with Crippen LogP contribution in [0.4, 0.5) is 19.0 Å². The van der Waals surface area contributed by atoms with Crippen molar-refractivity contribution >= 4 is 11.7 Å². The molecule has 1 saturated heterocycles. The maximum absolute atomic E-state index is 12.6. The summed E-state index contributed by atoms with van der Waals surface area (Å²) in [5.74, 6) is 1.14. The minimum Gasteiger partial charge on any atom is -0.496 e. The Morgan fingerprint density at radius 3 is 2.54 bits per heavy atom. The van der Waals surface area contributed by atoms with Gasteiger partial charge in [-0.05, 0) is 31.0 Å². The van der Waals surface area contributed by atoms with Crippen LogP contribution in [0.25, 0.3) is 0 Å². The van der Waals surface area contributed by atoms with E-state index in [1.54, 1.807) is 7.11 Å². The highest BCUT2D eigenvalue weighted by Crippen LogP contribution is 2.29. The molecule has 2 heterocycles. The summed E-state index contributed by atoms with van der Waals surface area (Å²) >= 11 is 0. The van der Waals surface area contributed by atoms with Gasteiger partial charge in [0.2, 0.25) is 5.91 Å². The van der Waals surface area contributed by atoms with E-state index in [1.807, 2.05) is 29.2 Å². The van der Waals surface area contributed by atoms with Crippen LogP contribution in [0.15, 0.2) is 42.6 Å². The number of alkyl halides is 3. The molecular formula is C20H22F3N3O2. The molecule has 0 radical (unpaired) electrons. The molecule has 1 aliphatic heterocycles. The number of aromatic nitrogens is 1. The van der Waals surface area contributed by atoms with Gasteiger partial charge in [0.05, 0.1) is 19.1 Å². The first-order valence-corrected chi connectivity index (χ1v) is 9.06. The Morgan fingerprint density at radius 1 is 1.21 bits per heavy atom. The summed E-state index contributed by atoms with van der Waals surface area (Å²) in [5.41, 5.74) is 0.0824. The molecule has 1 aliphatic rings. The van der Waals surface area contributed by atoms with E-state index in [4.69, 9.17) is 4.74 Å². The van der Waals surface area contributed by atoms with Gasteiger partial charge in [-0.2, -0.15) is 13.2 Å². The van der Waals surface area contributed by atoms with Gasteiger partial charge in [0.25, 0.3) is 0 Å². The van der Waals surface area contributed by atoms with Crippen molar-refractivity contribution in [3.05, 3.63) is 53.7 Å². The fourth-order valence-corrected chi connectivity index (χ4v) is 3.25. The molecule has 1 fully saturated rings. The van der Waals surface area contributed by atoms with Gasteiger partial charge in [-0.25, -0.2) is 4.98 Å². The van der Waals surface area contributed by atoms with Crippen LogP contribution in [-0.4, -0.2) is 42.0 Å². The van der Waals surface area contributed by atoms with Gasteiger partial charge < -0.3 is 15.0 Å². The molecular weight excluding hydrogens is 371 g/mol. The molecule has 1 aromatic heterocycles. The summed E-state index contributed by atoms with van der Waals surface area (Å²) in [6.07, 6.45) is -1.86. The van der Waals surface area contributed by atoms with Gasteiger partial charge in [0.15, 0.2) is 0 Å². The second-order valence-corrected chi connectivity index (χ2v) is 6.72. The average Bonchev–Trinajstić information content (AvgIpc) is 2.68. The quantitative estimate of drug-likeness (QED) is 0.841. The van der Waals surface area contributed by atoms with Gasteiger partial charge >= 0.3 is 6.18 Å². The molecule has 1 N–H and O–H groups in total. The SMILES string of the molecule is COc1ccccc1CC(=O)N1CCC(Nc2ccc(C(F)(F)F)cn2)CC1. The fourth-order valence-electron chi connectivity index (χ4n) is 3.25. The lowest BCUT2D eigenvalue weighted by Gasteiger charge is -2.33. The maximum atomic E-state index is 12.6. The predicted octanol–water partition coefficient (Wildman–Crippen LogP) is 3.75. The first-order valence-electron chi connectivity index (χ1n) is 9.06. The van der Waals surface area contributed by atoms with E-state index >= 15 is 0 Å². The number of para-hydroxylation sites is 1. The fraction of sp³-hybridized carbons (Fsp3) is 0.400. The summed E-state index contributed by atoms with van der Waals surface area (Å²) < 4.78 is 43.1. The summed E-state index contributed by atoms with van der Waals surface area (Å²) in [4.78, 5) is 18.2. The van der Waals surface area contributed by atoms with E-state index in [-0.39, 0.29) is 18.4 Å². The van der Waals surface area contributed by atoms with Crippen molar-refractivity contribution in [2.75, 3.05) is 25.5 Å². The van der Waals surface area contributed by atoms with E-state index in [0.29, 0.717) is 37.5 Å². The number of carbonyl (C=O) groups is 1. The molecule has 1 aromatic carbocycles. The van der Waals surface area contributed by atoms with Crippen LogP contribution in [0.2, 0.25) is 0 Å². The molecule has 5 nitrogen and oxygen atoms in total. The number of ether oxygens (including phenoxy) is 1. The zero-order valence-electron chi connectivity index (χ0n) is 15.5. The van der Waals surface area contributed by atoms with Crippen molar-refractivity contribution in [2.24, 2.45) is 0 Å². The number of anilines is 1. The minimum absolute atomic E-state index is 0.0376. The summed E-state index contributed by atoms with van der Waals surface area (Å²) in [7, 11) is 1.58. The van der Waals surface area contributed by atoms with Gasteiger partial charge in [0, 0.05) is 30.9 Å². The number of amides is 1. The van der Waals surface area contributed by atoms with Crippen LogP contribution >= 0.6 is 0 Å². The number of benzene rings is 1. The van der Waals surface area contributed by atoms with E-state index in [0.717, 1.165) is 17.8 Å². The minimum atomic E-state index is -4.39. The number of piperidine rings is 1. The molecule has 0 saturated carbocycles. The Morgan fingerprint density at radius 2 is 1.93 bits per heavy atom. The summed E-state index contributed by atoms with van der Waals surface area (Å²) in [5, 5.41) is 3.15. The van der Waals surface area contributed by atoms with Crippen molar-refractivity contribution in [1.82, 2.24) is 9.88 Å². The molecule has 0 bridgehead atoms. The van der Waals surface area contributed by atoms with Crippen molar-refractivity contribution in [3.63, 3.8) is 0 Å². The molecule has 0 aliphatic carbocycles. The lowest BCUT2D eigenvalue weighted by atomic mass is 10.0. The third-order valence-corrected chi connectivity index (χ3v) is 4.82. The number of nitrogens with one attached hydrogen (secondary N) is 1. The predicted molar refractivity (Wildman–Crippen MR) is 99.2 cm³/mol. The number of carbonyl (C=O) groups excluding carboxylic acids is 1. The van der Waals surface area contributed by atoms with E-state index in [1.165, 1.54) is 6.07 Å². The molecule has 0 atom stereocenters. The van der Waals surface area contributed by atoms with Crippen molar-refractivity contribution in [3.8, 4) is 5.75 Å². The number of methoxy groups -OCH3 is 1. The first-order chi connectivity index (χ1) is 13.4. The highest BCUT2D eigenvalue weighted by molar-refractivity contribution is 5.79. The van der Waals surface area contributed by atoms with Crippen LogP contribution in [0.3, 0.4) is 0 Å². The molecule has 2 aromatic rings. The van der Waals surface area contributed by atoms with Gasteiger partial charge in [-0.1, -0.05) is 18.2 Å². The van der Waals surface area contributed by atoms with E-state index in [9.17, 15) is 18.0 Å². The molecule has 3 rings (SSSR count). The molecule has 150 valence electrons. The molecule has 1 amide bonds. The van der Waals surface area contributed by atoms with Crippen LogP contribution in [-0.2, 0) is 17.4 Å². The smallest absolute Gasteiger partial charge is 0.417 e. The average molecular weight is 393 g/mol. The van der Waals surface area contributed by atoms with Crippen LogP contribution in [0.1, 0.15) is 24.0 Å². The van der Waals surface area contributed by atoms with Crippen LogP contribution in [0.5, 0.6) is 5.75 Å². The third kappa shape index (κ3) is 4.94. The Balaban J connectivity index is 1.51. The monoisotopic (exact) mass is 393 g/mol. The van der Waals surface area contributed by atoms with Crippen molar-refractivity contribution in [1.29, 1.82) is 0 Å². The number of likely N-dealkylation sites (tertiary alicyclic amines) is 1. The molecule has 8 heteroatoms. The number of hydrogen-bond donors (Lipinski definition) is 1. The lowest BCUT2D eigenvalue weighted by molar-refractivity contribution is -0.137. The molecule has 0 unspecified atom stereocenters. The summed E-state index contributed by atoms with van der Waals surface area (Å²) in [6, 6.07) is 9.86. The Hall–Kier alpha value is -2.77. The van der Waals surface area contributed by atoms with Gasteiger partial charge in [-0.3, -0.25) is 4.79 Å². The van der Waals surface area contributed by atoms with E-state index in [2.05, 4.69) is 10.3 Å². The summed E-state index contributed by atoms with van der Waals surface area (Å²) in [6.45, 7) is 1.18. The second-order valence-electron chi connectivity index (χ2n) is 6.72. The number of pyridine rings is 1. The number of nitrogens with zero attached hydrogens (tertiary/aromatic N) is 2. The lowest BCUT2D eigenvalue weighted by Crippen LogP contribution is -2.43. The largest absolute Gasteiger partial charge is 0.496 e. The zero-order valence-corrected chi connectivity index (χ0v) is 15.5. The van der Waals surface area contributed by atoms with Crippen LogP contribution < -0.4 is 10.1 Å². The standard InChI is InChI=1S/C20H22F3N3O2/c1-28-17-5-3-2-4-14(17)12-19(27)26-10-8-16(9-11-26)25-18-7-6-15(13-24-18)20(21,22)23/h2-7,13,16H,8-12H2,1H3,(H,24,25). The zero-order chi connectivity index (χ0) is 20.1. The maximum Gasteiger partial charge on any atom is 0.417 e. The number of hydrogen-bond acceptors (Lipinski definition) is 4.